The number of nitrogens with zero attached hydrogens (tertiary/aromatic N) is 2. The van der Waals surface area contributed by atoms with E-state index in [0.29, 0.717) is 17.1 Å². The van der Waals surface area contributed by atoms with Gasteiger partial charge in [0, 0.05) is 11.1 Å². The van der Waals surface area contributed by atoms with Crippen molar-refractivity contribution in [1.29, 1.82) is 0 Å². The molecular formula is C16H16ClN3OS. The van der Waals surface area contributed by atoms with E-state index in [4.69, 9.17) is 11.6 Å². The Bertz CT molecular complexity index is 840. The van der Waals surface area contributed by atoms with Crippen LogP contribution in [-0.2, 0) is 6.54 Å². The Kier molecular flexibility index (Phi) is 4.29. The number of rotatable bonds is 4. The van der Waals surface area contributed by atoms with Crippen LogP contribution in [0.3, 0.4) is 0 Å². The van der Waals surface area contributed by atoms with Crippen LogP contribution >= 0.6 is 22.9 Å². The second-order valence-corrected chi connectivity index (χ2v) is 6.64. The molecule has 0 aliphatic carbocycles. The number of benzene rings is 1. The van der Waals surface area contributed by atoms with Gasteiger partial charge < -0.3 is 4.98 Å². The third kappa shape index (κ3) is 3.06. The predicted octanol–water partition coefficient (Wildman–Crippen LogP) is 3.83. The van der Waals surface area contributed by atoms with Crippen LogP contribution in [0.1, 0.15) is 24.4 Å². The standard InChI is InChI=1S/C16H16ClN3OS/c1-10(11-3-5-12(17)6-4-11)20(2)9-14-18-13-7-8-22-15(13)16(21)19-14/h3-8,10H,9H2,1-2H3,(H,18,19,21)/t10-/m1/s1. The van der Waals surface area contributed by atoms with Crippen LogP contribution < -0.4 is 5.56 Å². The van der Waals surface area contributed by atoms with Crippen molar-refractivity contribution in [2.45, 2.75) is 19.5 Å². The second-order valence-electron chi connectivity index (χ2n) is 5.29. The van der Waals surface area contributed by atoms with Crippen LogP contribution in [0.4, 0.5) is 0 Å². The minimum absolute atomic E-state index is 0.0671. The molecule has 0 bridgehead atoms. The summed E-state index contributed by atoms with van der Waals surface area (Å²) in [5.41, 5.74) is 1.87. The summed E-state index contributed by atoms with van der Waals surface area (Å²) in [6.07, 6.45) is 0. The fraction of sp³-hybridized carbons (Fsp3) is 0.250. The number of hydrogen-bond acceptors (Lipinski definition) is 4. The number of aromatic amines is 1. The van der Waals surface area contributed by atoms with Gasteiger partial charge >= 0.3 is 0 Å². The molecule has 0 spiro atoms. The molecule has 0 saturated carbocycles. The van der Waals surface area contributed by atoms with Gasteiger partial charge in [-0.1, -0.05) is 23.7 Å². The number of hydrogen-bond donors (Lipinski definition) is 1. The minimum atomic E-state index is -0.0671. The van der Waals surface area contributed by atoms with Crippen molar-refractivity contribution >= 4 is 33.2 Å². The first kappa shape index (κ1) is 15.2. The molecule has 0 fully saturated rings. The topological polar surface area (TPSA) is 49.0 Å². The van der Waals surface area contributed by atoms with E-state index in [1.165, 1.54) is 16.9 Å². The summed E-state index contributed by atoms with van der Waals surface area (Å²) in [5, 5.41) is 2.61. The van der Waals surface area contributed by atoms with E-state index in [1.807, 2.05) is 42.8 Å². The molecule has 2 heterocycles. The number of nitrogens with one attached hydrogen (secondary N) is 1. The average Bonchev–Trinajstić information content (AvgIpc) is 2.96. The maximum Gasteiger partial charge on any atom is 0.268 e. The summed E-state index contributed by atoms with van der Waals surface area (Å²) in [6.45, 7) is 2.69. The SMILES string of the molecule is C[C@H](c1ccc(Cl)cc1)N(C)Cc1nc2ccsc2c(=O)[nH]1. The Morgan fingerprint density at radius 1 is 1.32 bits per heavy atom. The number of thiophene rings is 1. The molecular weight excluding hydrogens is 318 g/mol. The Labute approximate surface area is 137 Å². The van der Waals surface area contributed by atoms with Gasteiger partial charge in [0.25, 0.3) is 5.56 Å². The van der Waals surface area contributed by atoms with Crippen molar-refractivity contribution in [2.75, 3.05) is 7.05 Å². The quantitative estimate of drug-likeness (QED) is 0.789. The zero-order chi connectivity index (χ0) is 15.7. The molecule has 22 heavy (non-hydrogen) atoms. The number of halogens is 1. The van der Waals surface area contributed by atoms with Gasteiger partial charge in [0.15, 0.2) is 0 Å². The van der Waals surface area contributed by atoms with Gasteiger partial charge in [0.2, 0.25) is 0 Å². The van der Waals surface area contributed by atoms with Crippen LogP contribution in [0.2, 0.25) is 5.02 Å². The van der Waals surface area contributed by atoms with Gasteiger partial charge in [-0.25, -0.2) is 4.98 Å². The monoisotopic (exact) mass is 333 g/mol. The maximum absolute atomic E-state index is 12.0. The lowest BCUT2D eigenvalue weighted by atomic mass is 10.1. The normalized spacial score (nSPS) is 12.9. The number of fused-ring (bicyclic) bond motifs is 1. The Hall–Kier alpha value is -1.69. The molecule has 114 valence electrons. The van der Waals surface area contributed by atoms with E-state index in [1.54, 1.807) is 0 Å². The summed E-state index contributed by atoms with van der Waals surface area (Å²) in [4.78, 5) is 21.5. The van der Waals surface area contributed by atoms with Gasteiger partial charge in [-0.3, -0.25) is 9.69 Å². The Morgan fingerprint density at radius 2 is 2.05 bits per heavy atom. The van der Waals surface area contributed by atoms with E-state index in [9.17, 15) is 4.79 Å². The van der Waals surface area contributed by atoms with Crippen LogP contribution in [0.25, 0.3) is 10.2 Å². The van der Waals surface area contributed by atoms with Crippen LogP contribution in [0.5, 0.6) is 0 Å². The summed E-state index contributed by atoms with van der Waals surface area (Å²) < 4.78 is 0.678. The largest absolute Gasteiger partial charge is 0.308 e. The first-order valence-corrected chi connectivity index (χ1v) is 8.22. The molecule has 2 aromatic heterocycles. The first-order chi connectivity index (χ1) is 10.5. The van der Waals surface area contributed by atoms with Crippen LogP contribution in [0.15, 0.2) is 40.5 Å². The zero-order valence-corrected chi connectivity index (χ0v) is 13.9. The van der Waals surface area contributed by atoms with Crippen molar-refractivity contribution in [3.63, 3.8) is 0 Å². The van der Waals surface area contributed by atoms with Crippen LogP contribution in [-0.4, -0.2) is 21.9 Å². The lowest BCUT2D eigenvalue weighted by Gasteiger charge is -2.24. The summed E-state index contributed by atoms with van der Waals surface area (Å²) in [7, 11) is 2.01. The summed E-state index contributed by atoms with van der Waals surface area (Å²) in [5.74, 6) is 0.680. The second kappa shape index (κ2) is 6.20. The molecule has 0 aliphatic heterocycles. The van der Waals surface area contributed by atoms with E-state index >= 15 is 0 Å². The molecule has 0 radical (unpaired) electrons. The smallest absolute Gasteiger partial charge is 0.268 e. The highest BCUT2D eigenvalue weighted by Crippen LogP contribution is 2.22. The zero-order valence-electron chi connectivity index (χ0n) is 12.3. The molecule has 0 saturated heterocycles. The van der Waals surface area contributed by atoms with Gasteiger partial charge in [-0.2, -0.15) is 0 Å². The highest BCUT2D eigenvalue weighted by Gasteiger charge is 2.14. The average molecular weight is 334 g/mol. The van der Waals surface area contributed by atoms with E-state index in [-0.39, 0.29) is 11.6 Å². The summed E-state index contributed by atoms with van der Waals surface area (Å²) in [6, 6.07) is 9.88. The third-order valence-electron chi connectivity index (χ3n) is 3.78. The molecule has 0 aliphatic rings. The van der Waals surface area contributed by atoms with Gasteiger partial charge in [0.1, 0.15) is 10.5 Å². The van der Waals surface area contributed by atoms with Crippen molar-refractivity contribution in [3.8, 4) is 0 Å². The Balaban J connectivity index is 1.81. The van der Waals surface area contributed by atoms with E-state index in [0.717, 1.165) is 10.5 Å². The molecule has 3 aromatic rings. The minimum Gasteiger partial charge on any atom is -0.308 e. The highest BCUT2D eigenvalue weighted by atomic mass is 35.5. The van der Waals surface area contributed by atoms with Crippen molar-refractivity contribution in [1.82, 2.24) is 14.9 Å². The van der Waals surface area contributed by atoms with Gasteiger partial charge in [-0.15, -0.1) is 11.3 Å². The highest BCUT2D eigenvalue weighted by molar-refractivity contribution is 7.17. The van der Waals surface area contributed by atoms with Crippen molar-refractivity contribution in [2.24, 2.45) is 0 Å². The third-order valence-corrected chi connectivity index (χ3v) is 4.93. The molecule has 1 atom stereocenters. The molecule has 0 amide bonds. The van der Waals surface area contributed by atoms with Crippen molar-refractivity contribution in [3.05, 3.63) is 62.5 Å². The number of aromatic nitrogens is 2. The lowest BCUT2D eigenvalue weighted by molar-refractivity contribution is 0.247. The molecule has 0 unspecified atom stereocenters. The lowest BCUT2D eigenvalue weighted by Crippen LogP contribution is -2.24. The molecule has 3 rings (SSSR count). The maximum atomic E-state index is 12.0. The fourth-order valence-corrected chi connectivity index (χ4v) is 3.22. The van der Waals surface area contributed by atoms with E-state index in [2.05, 4.69) is 21.8 Å². The molecule has 1 N–H and O–H groups in total. The Morgan fingerprint density at radius 3 is 2.77 bits per heavy atom. The van der Waals surface area contributed by atoms with E-state index < -0.39 is 0 Å². The van der Waals surface area contributed by atoms with Crippen LogP contribution in [0, 0.1) is 0 Å². The first-order valence-electron chi connectivity index (χ1n) is 6.96. The fourth-order valence-electron chi connectivity index (χ4n) is 2.37. The van der Waals surface area contributed by atoms with Gasteiger partial charge in [0.05, 0.1) is 12.1 Å². The molecule has 6 heteroatoms. The predicted molar refractivity (Wildman–Crippen MR) is 91.6 cm³/mol. The number of H-pyrrole nitrogens is 1. The summed E-state index contributed by atoms with van der Waals surface area (Å²) >= 11 is 7.34. The molecule has 1 aromatic carbocycles. The van der Waals surface area contributed by atoms with Gasteiger partial charge in [-0.05, 0) is 43.1 Å². The molecule has 4 nitrogen and oxygen atoms in total. The van der Waals surface area contributed by atoms with Crippen molar-refractivity contribution < 1.29 is 0 Å².